The van der Waals surface area contributed by atoms with Crippen LogP contribution in [0, 0.1) is 0 Å². The monoisotopic (exact) mass is 219 g/mol. The number of aliphatic hydroxyl groups is 3. The van der Waals surface area contributed by atoms with Gasteiger partial charge in [0.2, 0.25) is 5.91 Å². The van der Waals surface area contributed by atoms with Crippen LogP contribution in [0.1, 0.15) is 20.3 Å². The van der Waals surface area contributed by atoms with Crippen LogP contribution in [0.15, 0.2) is 0 Å². The zero-order valence-electron chi connectivity index (χ0n) is 8.75. The average molecular weight is 219 g/mol. The Balaban J connectivity index is 2.70. The molecule has 0 aliphatic carbocycles. The molecule has 5 atom stereocenters. The van der Waals surface area contributed by atoms with Gasteiger partial charge in [-0.05, 0) is 6.42 Å². The lowest BCUT2D eigenvalue weighted by molar-refractivity contribution is -0.247. The van der Waals surface area contributed by atoms with Gasteiger partial charge in [-0.2, -0.15) is 0 Å². The Labute approximate surface area is 87.9 Å². The minimum absolute atomic E-state index is 0.399. The Hall–Kier alpha value is -0.690. The zero-order valence-corrected chi connectivity index (χ0v) is 8.75. The zero-order chi connectivity index (χ0) is 11.6. The molecule has 0 aromatic heterocycles. The molecule has 4 N–H and O–H groups in total. The van der Waals surface area contributed by atoms with Crippen molar-refractivity contribution in [3.05, 3.63) is 0 Å². The summed E-state index contributed by atoms with van der Waals surface area (Å²) in [6, 6.07) is -0.986. The number of hydrogen-bond acceptors (Lipinski definition) is 5. The Kier molecular flexibility index (Phi) is 4.04. The number of amides is 1. The maximum atomic E-state index is 10.8. The van der Waals surface area contributed by atoms with E-state index in [1.807, 2.05) is 0 Å². The lowest BCUT2D eigenvalue weighted by Gasteiger charge is -2.40. The third-order valence-corrected chi connectivity index (χ3v) is 2.49. The van der Waals surface area contributed by atoms with Crippen molar-refractivity contribution in [1.29, 1.82) is 0 Å². The van der Waals surface area contributed by atoms with E-state index in [0.29, 0.717) is 6.42 Å². The van der Waals surface area contributed by atoms with Gasteiger partial charge >= 0.3 is 0 Å². The minimum Gasteiger partial charge on any atom is -0.388 e. The first-order valence-electron chi connectivity index (χ1n) is 4.94. The molecule has 6 heteroatoms. The lowest BCUT2D eigenvalue weighted by Crippen LogP contribution is -2.63. The predicted octanol–water partition coefficient (Wildman–Crippen LogP) is -1.66. The van der Waals surface area contributed by atoms with Gasteiger partial charge in [-0.25, -0.2) is 0 Å². The molecule has 0 spiro atoms. The minimum atomic E-state index is -1.29. The maximum Gasteiger partial charge on any atom is 0.217 e. The smallest absolute Gasteiger partial charge is 0.217 e. The first-order chi connectivity index (χ1) is 6.97. The number of ether oxygens (including phenoxy) is 1. The Bertz CT molecular complexity index is 235. The summed E-state index contributed by atoms with van der Waals surface area (Å²) in [6.07, 6.45) is -3.75. The number of hydrogen-bond donors (Lipinski definition) is 4. The highest BCUT2D eigenvalue weighted by atomic mass is 16.6. The van der Waals surface area contributed by atoms with Crippen molar-refractivity contribution in [2.45, 2.75) is 50.9 Å². The second kappa shape index (κ2) is 4.89. The van der Waals surface area contributed by atoms with Gasteiger partial charge in [0.25, 0.3) is 0 Å². The van der Waals surface area contributed by atoms with E-state index in [1.54, 1.807) is 6.92 Å². The number of rotatable bonds is 2. The van der Waals surface area contributed by atoms with Crippen molar-refractivity contribution in [1.82, 2.24) is 5.32 Å². The second-order valence-electron chi connectivity index (χ2n) is 3.68. The van der Waals surface area contributed by atoms with Crippen molar-refractivity contribution in [3.8, 4) is 0 Å². The molecule has 0 bridgehead atoms. The molecule has 1 aliphatic heterocycles. The molecule has 1 rings (SSSR count). The Morgan fingerprint density at radius 3 is 2.40 bits per heavy atom. The number of carbonyl (C=O) groups is 1. The number of nitrogens with one attached hydrogen (secondary N) is 1. The van der Waals surface area contributed by atoms with Crippen LogP contribution < -0.4 is 5.32 Å². The van der Waals surface area contributed by atoms with Gasteiger partial charge in [0.1, 0.15) is 18.2 Å². The van der Waals surface area contributed by atoms with Gasteiger partial charge in [0.15, 0.2) is 6.29 Å². The van der Waals surface area contributed by atoms with Crippen LogP contribution in [0.4, 0.5) is 0 Å². The number of aliphatic hydroxyl groups excluding tert-OH is 3. The Morgan fingerprint density at radius 2 is 1.93 bits per heavy atom. The van der Waals surface area contributed by atoms with E-state index in [4.69, 9.17) is 4.74 Å². The van der Waals surface area contributed by atoms with Crippen LogP contribution >= 0.6 is 0 Å². The fraction of sp³-hybridized carbons (Fsp3) is 0.889. The second-order valence-corrected chi connectivity index (χ2v) is 3.68. The van der Waals surface area contributed by atoms with Gasteiger partial charge in [0.05, 0.1) is 6.10 Å². The van der Waals surface area contributed by atoms with Crippen molar-refractivity contribution in [2.75, 3.05) is 0 Å². The van der Waals surface area contributed by atoms with Gasteiger partial charge in [-0.1, -0.05) is 6.92 Å². The number of carbonyl (C=O) groups excluding carboxylic acids is 1. The molecule has 0 aromatic carbocycles. The summed E-state index contributed by atoms with van der Waals surface area (Å²) < 4.78 is 5.06. The molecule has 6 nitrogen and oxygen atoms in total. The molecule has 1 fully saturated rings. The van der Waals surface area contributed by atoms with Gasteiger partial charge < -0.3 is 25.4 Å². The van der Waals surface area contributed by atoms with Crippen LogP contribution in [-0.2, 0) is 9.53 Å². The molecule has 1 amide bonds. The van der Waals surface area contributed by atoms with Gasteiger partial charge in [-0.15, -0.1) is 0 Å². The molecule has 1 heterocycles. The molecule has 5 unspecified atom stereocenters. The molecule has 0 aromatic rings. The highest BCUT2D eigenvalue weighted by Gasteiger charge is 2.43. The van der Waals surface area contributed by atoms with E-state index in [-0.39, 0.29) is 0 Å². The predicted molar refractivity (Wildman–Crippen MR) is 50.8 cm³/mol. The van der Waals surface area contributed by atoms with Crippen molar-refractivity contribution < 1.29 is 24.9 Å². The normalized spacial score (nSPS) is 41.3. The summed E-state index contributed by atoms with van der Waals surface area (Å²) in [5.74, 6) is -0.399. The SMILES string of the molecule is CCC1OC(O)C(NC(C)=O)C(O)C1O. The Morgan fingerprint density at radius 1 is 1.33 bits per heavy atom. The molecular weight excluding hydrogens is 202 g/mol. The van der Waals surface area contributed by atoms with E-state index in [9.17, 15) is 20.1 Å². The maximum absolute atomic E-state index is 10.8. The standard InChI is InChI=1S/C9H17NO5/c1-3-5-7(12)8(13)6(9(14)15-5)10-4(2)11/h5-9,12-14H,3H2,1-2H3,(H,10,11). The molecule has 15 heavy (non-hydrogen) atoms. The molecule has 1 aliphatic rings. The molecule has 1 saturated heterocycles. The highest BCUT2D eigenvalue weighted by Crippen LogP contribution is 2.21. The summed E-state index contributed by atoms with van der Waals surface area (Å²) in [5, 5.41) is 31.1. The first-order valence-corrected chi connectivity index (χ1v) is 4.94. The summed E-state index contributed by atoms with van der Waals surface area (Å²) in [5.41, 5.74) is 0. The van der Waals surface area contributed by atoms with Crippen LogP contribution in [0.25, 0.3) is 0 Å². The van der Waals surface area contributed by atoms with Crippen LogP contribution in [0.3, 0.4) is 0 Å². The summed E-state index contributed by atoms with van der Waals surface area (Å²) in [6.45, 7) is 3.03. The fourth-order valence-corrected chi connectivity index (χ4v) is 1.67. The lowest BCUT2D eigenvalue weighted by atomic mass is 9.95. The molecule has 0 saturated carbocycles. The van der Waals surface area contributed by atoms with Gasteiger partial charge in [-0.3, -0.25) is 4.79 Å². The van der Waals surface area contributed by atoms with E-state index < -0.39 is 36.6 Å². The molecule has 88 valence electrons. The third-order valence-electron chi connectivity index (χ3n) is 2.49. The quantitative estimate of drug-likeness (QED) is 0.445. The topological polar surface area (TPSA) is 99.0 Å². The van der Waals surface area contributed by atoms with Crippen LogP contribution in [0.5, 0.6) is 0 Å². The highest BCUT2D eigenvalue weighted by molar-refractivity contribution is 5.73. The third kappa shape index (κ3) is 2.66. The van der Waals surface area contributed by atoms with E-state index in [1.165, 1.54) is 6.92 Å². The van der Waals surface area contributed by atoms with Crippen molar-refractivity contribution in [2.24, 2.45) is 0 Å². The van der Waals surface area contributed by atoms with Crippen molar-refractivity contribution in [3.63, 3.8) is 0 Å². The summed E-state index contributed by atoms with van der Waals surface area (Å²) in [7, 11) is 0. The first kappa shape index (κ1) is 12.4. The van der Waals surface area contributed by atoms with Crippen LogP contribution in [0.2, 0.25) is 0 Å². The van der Waals surface area contributed by atoms with Gasteiger partial charge in [0, 0.05) is 6.92 Å². The van der Waals surface area contributed by atoms with Crippen molar-refractivity contribution >= 4 is 5.91 Å². The molecular formula is C9H17NO5. The van der Waals surface area contributed by atoms with E-state index >= 15 is 0 Å². The summed E-state index contributed by atoms with van der Waals surface area (Å²) in [4.78, 5) is 10.8. The molecule has 0 radical (unpaired) electrons. The summed E-state index contributed by atoms with van der Waals surface area (Å²) >= 11 is 0. The largest absolute Gasteiger partial charge is 0.388 e. The van der Waals surface area contributed by atoms with E-state index in [0.717, 1.165) is 0 Å². The van der Waals surface area contributed by atoms with Crippen LogP contribution in [-0.4, -0.2) is 51.9 Å². The van der Waals surface area contributed by atoms with E-state index in [2.05, 4.69) is 5.32 Å². The average Bonchev–Trinajstić information content (AvgIpc) is 2.18. The fourth-order valence-electron chi connectivity index (χ4n) is 1.67.